The number of rotatable bonds is 20. The average molecular weight is 1010 g/mol. The zero-order valence-electron chi connectivity index (χ0n) is 39.9. The van der Waals surface area contributed by atoms with E-state index >= 15 is 0 Å². The molecule has 0 saturated carbocycles. The molecule has 1 fully saturated rings. The van der Waals surface area contributed by atoms with Crippen molar-refractivity contribution in [1.82, 2.24) is 28.8 Å². The van der Waals surface area contributed by atoms with Gasteiger partial charge >= 0.3 is 6.18 Å². The first-order chi connectivity index (χ1) is 33.9. The summed E-state index contributed by atoms with van der Waals surface area (Å²) in [7, 11) is 0.621. The third-order valence-electron chi connectivity index (χ3n) is 11.9. The van der Waals surface area contributed by atoms with Crippen LogP contribution in [0, 0.1) is 25.7 Å². The summed E-state index contributed by atoms with van der Waals surface area (Å²) < 4.78 is 109. The molecule has 16 nitrogen and oxygen atoms in total. The maximum atomic E-state index is 14.9. The minimum absolute atomic E-state index is 0.00104. The lowest BCUT2D eigenvalue weighted by molar-refractivity contribution is -0.140. The van der Waals surface area contributed by atoms with Crippen molar-refractivity contribution in [2.24, 2.45) is 0 Å². The average Bonchev–Trinajstić information content (AvgIpc) is 3.86. The Morgan fingerprint density at radius 1 is 1.03 bits per heavy atom. The molecule has 1 aliphatic heterocycles. The van der Waals surface area contributed by atoms with Crippen LogP contribution < -0.4 is 31.0 Å². The van der Waals surface area contributed by atoms with Gasteiger partial charge in [0.25, 0.3) is 11.5 Å². The molecule has 378 valence electrons. The Labute approximate surface area is 408 Å². The molecule has 1 aliphatic rings. The molecular formula is C50H56F4N8O8S. The lowest BCUT2D eigenvalue weighted by Gasteiger charge is -2.33. The molecule has 0 bridgehead atoms. The molecule has 6 aromatic rings. The van der Waals surface area contributed by atoms with Crippen LogP contribution in [0.3, 0.4) is 0 Å². The van der Waals surface area contributed by atoms with Gasteiger partial charge in [0, 0.05) is 73.8 Å². The normalized spacial score (nSPS) is 15.4. The van der Waals surface area contributed by atoms with Crippen molar-refractivity contribution in [2.75, 3.05) is 84.4 Å². The summed E-state index contributed by atoms with van der Waals surface area (Å²) in [5.41, 5.74) is 4.30. The number of carbonyl (C=O) groups is 1. The highest BCUT2D eigenvalue weighted by Crippen LogP contribution is 2.33. The Morgan fingerprint density at radius 2 is 1.83 bits per heavy atom. The Kier molecular flexibility index (Phi) is 16.8. The highest BCUT2D eigenvalue weighted by molar-refractivity contribution is 7.89. The molecule has 0 aliphatic carbocycles. The zero-order chi connectivity index (χ0) is 50.9. The van der Waals surface area contributed by atoms with Crippen LogP contribution in [0.25, 0.3) is 22.0 Å². The number of carbonyl (C=O) groups excluding carboxylic acids is 1. The zero-order valence-corrected chi connectivity index (χ0v) is 40.8. The molecule has 3 N–H and O–H groups in total. The summed E-state index contributed by atoms with van der Waals surface area (Å²) in [6, 6.07) is 20.5. The number of methoxy groups -OCH3 is 1. The monoisotopic (exact) mass is 1000 g/mol. The number of alkyl halides is 4. The number of ether oxygens (including phenoxy) is 3. The van der Waals surface area contributed by atoms with Gasteiger partial charge in [-0.1, -0.05) is 29.3 Å². The summed E-state index contributed by atoms with van der Waals surface area (Å²) in [5, 5.41) is 13.5. The fourth-order valence-corrected chi connectivity index (χ4v) is 9.39. The van der Waals surface area contributed by atoms with Crippen molar-refractivity contribution in [3.05, 3.63) is 118 Å². The van der Waals surface area contributed by atoms with E-state index in [-0.39, 0.29) is 74.4 Å². The highest BCUT2D eigenvalue weighted by Gasteiger charge is 2.31. The number of fused-ring (bicyclic) bond motifs is 1. The van der Waals surface area contributed by atoms with Crippen molar-refractivity contribution in [1.29, 1.82) is 0 Å². The standard InChI is InChI=1S/C50H56F4N8O8S/c1-33-49(34(2)70-58-33)36-14-17-48(64)61(29-36)28-35-9-6-11-38(25-35)69-31-47(63)56-20-23-68-24-22-60(4)71(65,66)39-15-16-44(46(27-39)67-5)55-19-8-10-37-26-40-42(57-43-18-21-59(3)30-41(43)51)12-7-13-45(40)62(37)32-50(52,53)54/h6-7,9,11-17,25-27,29,41,43,55,57H,18-24,28,30-32H2,1-5H3,(H,56,63)/t41-,43?/m0/s1. The first kappa shape index (κ1) is 52.0. The van der Waals surface area contributed by atoms with Crippen molar-refractivity contribution in [2.45, 2.75) is 56.6 Å². The van der Waals surface area contributed by atoms with E-state index in [1.54, 1.807) is 59.3 Å². The van der Waals surface area contributed by atoms with Gasteiger partial charge in [0.15, 0.2) is 6.61 Å². The Bertz CT molecular complexity index is 3050. The number of benzene rings is 3. The number of piperidine rings is 1. The first-order valence-corrected chi connectivity index (χ1v) is 24.2. The first-order valence-electron chi connectivity index (χ1n) is 22.8. The van der Waals surface area contributed by atoms with Gasteiger partial charge < -0.3 is 48.7 Å². The topological polar surface area (TPSA) is 174 Å². The van der Waals surface area contributed by atoms with E-state index < -0.39 is 40.9 Å². The molecule has 2 atom stereocenters. The summed E-state index contributed by atoms with van der Waals surface area (Å²) in [4.78, 5) is 27.0. The number of anilines is 2. The number of amides is 1. The predicted molar refractivity (Wildman–Crippen MR) is 261 cm³/mol. The van der Waals surface area contributed by atoms with Gasteiger partial charge in [-0.15, -0.1) is 0 Å². The number of aromatic nitrogens is 3. The number of hydrogen-bond acceptors (Lipinski definition) is 12. The third-order valence-corrected chi connectivity index (χ3v) is 13.7. The van der Waals surface area contributed by atoms with E-state index in [2.05, 4.69) is 32.9 Å². The van der Waals surface area contributed by atoms with Crippen LogP contribution in [0.2, 0.25) is 0 Å². The summed E-state index contributed by atoms with van der Waals surface area (Å²) in [5.74, 6) is 6.60. The predicted octanol–water partition coefficient (Wildman–Crippen LogP) is 6.44. The van der Waals surface area contributed by atoms with Crippen LogP contribution in [-0.4, -0.2) is 130 Å². The number of likely N-dealkylation sites (N-methyl/N-ethyl adjacent to an activating group) is 1. The Balaban J connectivity index is 0.861. The van der Waals surface area contributed by atoms with Crippen LogP contribution in [0.15, 0.2) is 99.3 Å². The molecule has 4 heterocycles. The van der Waals surface area contributed by atoms with Crippen LogP contribution in [0.5, 0.6) is 11.5 Å². The minimum atomic E-state index is -4.53. The van der Waals surface area contributed by atoms with Gasteiger partial charge in [-0.05, 0) is 87.3 Å². The second kappa shape index (κ2) is 22.9. The fourth-order valence-electron chi connectivity index (χ4n) is 8.22. The largest absolute Gasteiger partial charge is 0.495 e. The van der Waals surface area contributed by atoms with Crippen LogP contribution in [0.1, 0.15) is 29.1 Å². The molecular weight excluding hydrogens is 949 g/mol. The maximum absolute atomic E-state index is 14.9. The van der Waals surface area contributed by atoms with E-state index in [9.17, 15) is 35.6 Å². The molecule has 0 spiro atoms. The number of hydrogen-bond donors (Lipinski definition) is 3. The van der Waals surface area contributed by atoms with Crippen LogP contribution in [0.4, 0.5) is 28.9 Å². The van der Waals surface area contributed by atoms with E-state index in [1.165, 1.54) is 38.4 Å². The number of likely N-dealkylation sites (tertiary alicyclic amines) is 1. The van der Waals surface area contributed by atoms with Crippen LogP contribution >= 0.6 is 0 Å². The number of aryl methyl sites for hydroxylation is 2. The lowest BCUT2D eigenvalue weighted by Crippen LogP contribution is -2.46. The molecule has 7 rings (SSSR count). The second-order valence-electron chi connectivity index (χ2n) is 17.1. The number of nitrogens with zero attached hydrogens (tertiary/aromatic N) is 5. The number of nitrogens with one attached hydrogen (secondary N) is 3. The number of halogens is 4. The van der Waals surface area contributed by atoms with Crippen molar-refractivity contribution < 1.29 is 49.5 Å². The summed E-state index contributed by atoms with van der Waals surface area (Å²) in [6.07, 6.45) is -3.39. The van der Waals surface area contributed by atoms with Gasteiger partial charge in [0.1, 0.15) is 30.0 Å². The molecule has 1 saturated heterocycles. The molecule has 21 heteroatoms. The van der Waals surface area contributed by atoms with Crippen molar-refractivity contribution in [3.8, 4) is 34.5 Å². The van der Waals surface area contributed by atoms with Gasteiger partial charge in [0.2, 0.25) is 10.0 Å². The Morgan fingerprint density at radius 3 is 2.58 bits per heavy atom. The smallest absolute Gasteiger partial charge is 0.406 e. The molecule has 1 unspecified atom stereocenters. The highest BCUT2D eigenvalue weighted by atomic mass is 32.2. The van der Waals surface area contributed by atoms with Crippen LogP contribution in [-0.2, 0) is 32.6 Å². The maximum Gasteiger partial charge on any atom is 0.406 e. The lowest BCUT2D eigenvalue weighted by atomic mass is 10.0. The van der Waals surface area contributed by atoms with E-state index in [0.29, 0.717) is 46.8 Å². The van der Waals surface area contributed by atoms with E-state index in [1.807, 2.05) is 31.9 Å². The molecule has 3 aromatic carbocycles. The fraction of sp³-hybridized carbons (Fsp3) is 0.380. The summed E-state index contributed by atoms with van der Waals surface area (Å²) >= 11 is 0. The van der Waals surface area contributed by atoms with E-state index in [4.69, 9.17) is 18.7 Å². The number of pyridine rings is 1. The third kappa shape index (κ3) is 13.3. The van der Waals surface area contributed by atoms with Crippen molar-refractivity contribution in [3.63, 3.8) is 0 Å². The van der Waals surface area contributed by atoms with Gasteiger partial charge in [0.05, 0.1) is 66.9 Å². The van der Waals surface area contributed by atoms with Crippen molar-refractivity contribution >= 4 is 38.2 Å². The molecule has 3 aromatic heterocycles. The second-order valence-corrected chi connectivity index (χ2v) is 19.2. The minimum Gasteiger partial charge on any atom is -0.495 e. The molecule has 1 amide bonds. The van der Waals surface area contributed by atoms with Gasteiger partial charge in [-0.2, -0.15) is 17.5 Å². The van der Waals surface area contributed by atoms with E-state index in [0.717, 1.165) is 31.3 Å². The number of sulfonamides is 1. The molecule has 71 heavy (non-hydrogen) atoms. The summed E-state index contributed by atoms with van der Waals surface area (Å²) in [6.45, 7) is 3.58. The quantitative estimate of drug-likeness (QED) is 0.0435. The SMILES string of the molecule is COc1cc(S(=O)(=O)N(C)CCOCCNC(=O)COc2cccc(Cn3cc(-c4c(C)noc4C)ccc3=O)c2)ccc1NCC#Cc1cc2c(NC3CCN(C)C[C@@H]3F)cccc2n1CC(F)(F)F. The van der Waals surface area contributed by atoms with Gasteiger partial charge in [-0.3, -0.25) is 9.59 Å². The molecule has 0 radical (unpaired) electrons. The Hall–Kier alpha value is -6.86. The van der Waals surface area contributed by atoms with Gasteiger partial charge in [-0.25, -0.2) is 12.8 Å².